The molecule has 1 N–H and O–H groups in total. The van der Waals surface area contributed by atoms with Crippen molar-refractivity contribution >= 4 is 28.5 Å². The number of nitrogens with one attached hydrogen (secondary N) is 1. The summed E-state index contributed by atoms with van der Waals surface area (Å²) in [6.45, 7) is 4.93. The number of benzene rings is 3. The Morgan fingerprint density at radius 3 is 2.55 bits per heavy atom. The molecule has 7 heteroatoms. The molecule has 1 amide bonds. The Bertz CT molecular complexity index is 1240. The highest BCUT2D eigenvalue weighted by Crippen LogP contribution is 2.22. The minimum Gasteiger partial charge on any atom is -0.491 e. The smallest absolute Gasteiger partial charge is 0.258 e. The van der Waals surface area contributed by atoms with Crippen molar-refractivity contribution in [3.8, 4) is 11.5 Å². The van der Waals surface area contributed by atoms with E-state index in [1.165, 1.54) is 0 Å². The van der Waals surface area contributed by atoms with Crippen LogP contribution in [0.2, 0.25) is 5.02 Å². The SMILES string of the molecule is Cc1ccccc1OCCn1c(C(C)NC(=O)COc2ccc(Cl)cc2)nc2ccccc21. The average Bonchev–Trinajstić information content (AvgIpc) is 3.19. The minimum absolute atomic E-state index is 0.0946. The van der Waals surface area contributed by atoms with Crippen LogP contribution in [0.5, 0.6) is 11.5 Å². The number of ether oxygens (including phenoxy) is 2. The van der Waals surface area contributed by atoms with E-state index >= 15 is 0 Å². The van der Waals surface area contributed by atoms with Crippen molar-refractivity contribution in [1.82, 2.24) is 14.9 Å². The van der Waals surface area contributed by atoms with Crippen molar-refractivity contribution in [2.45, 2.75) is 26.4 Å². The fourth-order valence-corrected chi connectivity index (χ4v) is 3.78. The molecular formula is C26H26ClN3O3. The topological polar surface area (TPSA) is 65.4 Å². The molecule has 1 heterocycles. The van der Waals surface area contributed by atoms with Crippen LogP contribution in [0, 0.1) is 6.92 Å². The Morgan fingerprint density at radius 2 is 1.76 bits per heavy atom. The molecule has 4 aromatic rings. The molecule has 33 heavy (non-hydrogen) atoms. The van der Waals surface area contributed by atoms with Gasteiger partial charge in [-0.15, -0.1) is 0 Å². The second-order valence-electron chi connectivity index (χ2n) is 7.76. The van der Waals surface area contributed by atoms with Gasteiger partial charge in [0.05, 0.1) is 23.6 Å². The summed E-state index contributed by atoms with van der Waals surface area (Å²) in [5, 5.41) is 3.60. The standard InChI is InChI=1S/C26H26ClN3O3/c1-18-7-3-6-10-24(18)32-16-15-30-23-9-5-4-8-22(23)29-26(30)19(2)28-25(31)17-33-21-13-11-20(27)12-14-21/h3-14,19H,15-17H2,1-2H3,(H,28,31). The number of fused-ring (bicyclic) bond motifs is 1. The summed E-state index contributed by atoms with van der Waals surface area (Å²) in [7, 11) is 0. The third-order valence-electron chi connectivity index (χ3n) is 5.30. The zero-order valence-electron chi connectivity index (χ0n) is 18.6. The number of halogens is 1. The molecule has 0 saturated heterocycles. The lowest BCUT2D eigenvalue weighted by atomic mass is 10.2. The molecule has 3 aromatic carbocycles. The van der Waals surface area contributed by atoms with Crippen LogP contribution in [0.25, 0.3) is 11.0 Å². The summed E-state index contributed by atoms with van der Waals surface area (Å²) in [5.41, 5.74) is 2.97. The number of aromatic nitrogens is 2. The molecule has 1 aromatic heterocycles. The number of carbonyl (C=O) groups is 1. The normalized spacial score (nSPS) is 11.8. The van der Waals surface area contributed by atoms with Crippen LogP contribution < -0.4 is 14.8 Å². The first-order valence-corrected chi connectivity index (χ1v) is 11.2. The third kappa shape index (κ3) is 5.65. The maximum absolute atomic E-state index is 12.5. The second-order valence-corrected chi connectivity index (χ2v) is 8.19. The molecule has 4 rings (SSSR count). The number of para-hydroxylation sites is 3. The Morgan fingerprint density at radius 1 is 1.03 bits per heavy atom. The van der Waals surface area contributed by atoms with Crippen molar-refractivity contribution in [2.75, 3.05) is 13.2 Å². The van der Waals surface area contributed by atoms with Gasteiger partial charge in [0.15, 0.2) is 6.61 Å². The third-order valence-corrected chi connectivity index (χ3v) is 5.55. The largest absolute Gasteiger partial charge is 0.491 e. The lowest BCUT2D eigenvalue weighted by Crippen LogP contribution is -2.33. The number of carbonyl (C=O) groups excluding carboxylic acids is 1. The number of imidazole rings is 1. The van der Waals surface area contributed by atoms with E-state index in [0.29, 0.717) is 23.9 Å². The monoisotopic (exact) mass is 463 g/mol. The molecule has 0 aliphatic rings. The molecule has 1 unspecified atom stereocenters. The minimum atomic E-state index is -0.308. The zero-order chi connectivity index (χ0) is 23.2. The van der Waals surface area contributed by atoms with Gasteiger partial charge in [-0.3, -0.25) is 4.79 Å². The first-order valence-electron chi connectivity index (χ1n) is 10.8. The molecule has 0 fully saturated rings. The highest BCUT2D eigenvalue weighted by molar-refractivity contribution is 6.30. The van der Waals surface area contributed by atoms with Gasteiger partial charge in [0, 0.05) is 5.02 Å². The number of hydrogen-bond acceptors (Lipinski definition) is 4. The van der Waals surface area contributed by atoms with E-state index in [-0.39, 0.29) is 18.6 Å². The maximum atomic E-state index is 12.5. The lowest BCUT2D eigenvalue weighted by Gasteiger charge is -2.17. The van der Waals surface area contributed by atoms with E-state index in [1.54, 1.807) is 24.3 Å². The Hall–Kier alpha value is -3.51. The molecule has 1 atom stereocenters. The Balaban J connectivity index is 1.44. The highest BCUT2D eigenvalue weighted by Gasteiger charge is 2.19. The van der Waals surface area contributed by atoms with E-state index in [1.807, 2.05) is 62.4 Å². The van der Waals surface area contributed by atoms with Crippen LogP contribution in [-0.2, 0) is 11.3 Å². The zero-order valence-corrected chi connectivity index (χ0v) is 19.4. The second kappa shape index (κ2) is 10.4. The number of nitrogens with zero attached hydrogens (tertiary/aromatic N) is 2. The van der Waals surface area contributed by atoms with Gasteiger partial charge in [-0.1, -0.05) is 41.9 Å². The first kappa shape index (κ1) is 22.7. The summed E-state index contributed by atoms with van der Waals surface area (Å²) < 4.78 is 13.7. The molecule has 0 bridgehead atoms. The fourth-order valence-electron chi connectivity index (χ4n) is 3.65. The molecule has 6 nitrogen and oxygen atoms in total. The van der Waals surface area contributed by atoms with E-state index < -0.39 is 0 Å². The van der Waals surface area contributed by atoms with E-state index in [9.17, 15) is 4.79 Å². The van der Waals surface area contributed by atoms with Gasteiger partial charge in [0.1, 0.15) is 23.9 Å². The van der Waals surface area contributed by atoms with Crippen molar-refractivity contribution in [3.05, 3.63) is 89.2 Å². The summed E-state index contributed by atoms with van der Waals surface area (Å²) >= 11 is 5.88. The maximum Gasteiger partial charge on any atom is 0.258 e. The predicted octanol–water partition coefficient (Wildman–Crippen LogP) is 5.33. The van der Waals surface area contributed by atoms with E-state index in [0.717, 1.165) is 28.2 Å². The average molecular weight is 464 g/mol. The highest BCUT2D eigenvalue weighted by atomic mass is 35.5. The van der Waals surface area contributed by atoms with Crippen molar-refractivity contribution in [2.24, 2.45) is 0 Å². The molecule has 0 saturated carbocycles. The van der Waals surface area contributed by atoms with Crippen LogP contribution in [-0.4, -0.2) is 28.7 Å². The van der Waals surface area contributed by atoms with Gasteiger partial charge in [-0.2, -0.15) is 0 Å². The molecule has 0 spiro atoms. The molecule has 0 radical (unpaired) electrons. The van der Waals surface area contributed by atoms with Crippen LogP contribution in [0.3, 0.4) is 0 Å². The van der Waals surface area contributed by atoms with Crippen LogP contribution in [0.4, 0.5) is 0 Å². The number of hydrogen-bond donors (Lipinski definition) is 1. The Kier molecular flexibility index (Phi) is 7.15. The fraction of sp³-hybridized carbons (Fsp3) is 0.231. The van der Waals surface area contributed by atoms with Gasteiger partial charge in [-0.25, -0.2) is 4.98 Å². The number of rotatable bonds is 9. The van der Waals surface area contributed by atoms with Gasteiger partial charge in [0.25, 0.3) is 5.91 Å². The number of amides is 1. The van der Waals surface area contributed by atoms with Gasteiger partial charge in [0.2, 0.25) is 0 Å². The summed E-state index contributed by atoms with van der Waals surface area (Å²) in [6.07, 6.45) is 0. The van der Waals surface area contributed by atoms with Gasteiger partial charge in [-0.05, 0) is 61.9 Å². The van der Waals surface area contributed by atoms with E-state index in [2.05, 4.69) is 9.88 Å². The van der Waals surface area contributed by atoms with Crippen molar-refractivity contribution in [1.29, 1.82) is 0 Å². The summed E-state index contributed by atoms with van der Waals surface area (Å²) in [4.78, 5) is 17.3. The van der Waals surface area contributed by atoms with Crippen molar-refractivity contribution in [3.63, 3.8) is 0 Å². The van der Waals surface area contributed by atoms with Crippen molar-refractivity contribution < 1.29 is 14.3 Å². The lowest BCUT2D eigenvalue weighted by molar-refractivity contribution is -0.123. The quantitative estimate of drug-likeness (QED) is 0.364. The molecule has 0 aliphatic carbocycles. The summed E-state index contributed by atoms with van der Waals surface area (Å²) in [5.74, 6) is 1.99. The predicted molar refractivity (Wildman–Crippen MR) is 130 cm³/mol. The van der Waals surface area contributed by atoms with Crippen LogP contribution in [0.15, 0.2) is 72.8 Å². The van der Waals surface area contributed by atoms with Crippen LogP contribution >= 0.6 is 11.6 Å². The summed E-state index contributed by atoms with van der Waals surface area (Å²) in [6, 6.07) is 22.5. The number of aryl methyl sites for hydroxylation is 1. The van der Waals surface area contributed by atoms with E-state index in [4.69, 9.17) is 26.1 Å². The molecule has 0 aliphatic heterocycles. The molecule has 170 valence electrons. The van der Waals surface area contributed by atoms with Gasteiger partial charge < -0.3 is 19.4 Å². The first-order chi connectivity index (χ1) is 16.0. The van der Waals surface area contributed by atoms with Crippen LogP contribution in [0.1, 0.15) is 24.4 Å². The molecular weight excluding hydrogens is 438 g/mol. The van der Waals surface area contributed by atoms with Gasteiger partial charge >= 0.3 is 0 Å². The Labute approximate surface area is 198 Å².